The van der Waals surface area contributed by atoms with Gasteiger partial charge < -0.3 is 5.32 Å². The summed E-state index contributed by atoms with van der Waals surface area (Å²) in [7, 11) is 0. The van der Waals surface area contributed by atoms with Gasteiger partial charge in [0.15, 0.2) is 0 Å². The van der Waals surface area contributed by atoms with Crippen molar-refractivity contribution in [1.29, 1.82) is 0 Å². The van der Waals surface area contributed by atoms with E-state index in [9.17, 15) is 14.4 Å². The quantitative estimate of drug-likeness (QED) is 0.672. The molecule has 2 bridgehead atoms. The number of carbonyl (C=O) groups excluding carboxylic acids is 3. The second-order valence-corrected chi connectivity index (χ2v) is 8.28. The lowest BCUT2D eigenvalue weighted by molar-refractivity contribution is -0.142. The highest BCUT2D eigenvalue weighted by Crippen LogP contribution is 2.65. The van der Waals surface area contributed by atoms with Crippen LogP contribution >= 0.6 is 0 Å². The summed E-state index contributed by atoms with van der Waals surface area (Å²) in [6.45, 7) is 3.69. The summed E-state index contributed by atoms with van der Waals surface area (Å²) < 4.78 is 0. The Labute approximate surface area is 152 Å². The van der Waals surface area contributed by atoms with Crippen molar-refractivity contribution in [2.75, 3.05) is 11.9 Å². The van der Waals surface area contributed by atoms with Crippen molar-refractivity contribution >= 4 is 23.4 Å². The molecule has 2 saturated carbocycles. The maximum atomic E-state index is 12.9. The number of likely N-dealkylation sites (tertiary alicyclic amines) is 1. The van der Waals surface area contributed by atoms with Crippen molar-refractivity contribution in [1.82, 2.24) is 4.90 Å². The molecule has 1 aromatic rings. The van der Waals surface area contributed by atoms with Crippen LogP contribution in [0.1, 0.15) is 17.5 Å². The van der Waals surface area contributed by atoms with E-state index in [0.717, 1.165) is 23.2 Å². The molecule has 1 saturated heterocycles. The minimum Gasteiger partial charge on any atom is -0.324 e. The van der Waals surface area contributed by atoms with Crippen molar-refractivity contribution in [3.8, 4) is 0 Å². The molecule has 1 aliphatic heterocycles. The number of amides is 3. The molecule has 1 aromatic carbocycles. The van der Waals surface area contributed by atoms with Crippen LogP contribution < -0.4 is 5.32 Å². The topological polar surface area (TPSA) is 66.5 Å². The zero-order valence-corrected chi connectivity index (χ0v) is 14.9. The van der Waals surface area contributed by atoms with E-state index in [4.69, 9.17) is 0 Å². The average Bonchev–Trinajstić information content (AvgIpc) is 3.39. The van der Waals surface area contributed by atoms with Crippen molar-refractivity contribution in [3.05, 3.63) is 41.5 Å². The fraction of sp³-hybridized carbons (Fsp3) is 0.476. The highest BCUT2D eigenvalue weighted by Gasteiger charge is 2.67. The molecule has 0 radical (unpaired) electrons. The van der Waals surface area contributed by atoms with Crippen molar-refractivity contribution in [2.24, 2.45) is 35.5 Å². The van der Waals surface area contributed by atoms with Crippen molar-refractivity contribution in [3.63, 3.8) is 0 Å². The third kappa shape index (κ3) is 2.12. The molecule has 5 heteroatoms. The third-order valence-corrected chi connectivity index (χ3v) is 6.72. The van der Waals surface area contributed by atoms with E-state index in [1.165, 1.54) is 4.90 Å². The number of carbonyl (C=O) groups is 3. The van der Waals surface area contributed by atoms with Crippen LogP contribution in [0, 0.1) is 49.4 Å². The Morgan fingerprint density at radius 3 is 2.31 bits per heavy atom. The Bertz CT molecular complexity index is 838. The molecule has 3 fully saturated rings. The molecule has 0 spiro atoms. The highest BCUT2D eigenvalue weighted by atomic mass is 16.2. The summed E-state index contributed by atoms with van der Waals surface area (Å²) in [6.07, 6.45) is 5.43. The van der Waals surface area contributed by atoms with Crippen LogP contribution in [0.5, 0.6) is 0 Å². The molecule has 26 heavy (non-hydrogen) atoms. The van der Waals surface area contributed by atoms with Gasteiger partial charge in [0.2, 0.25) is 17.7 Å². The minimum absolute atomic E-state index is 0.152. The first-order chi connectivity index (χ1) is 12.5. The summed E-state index contributed by atoms with van der Waals surface area (Å²) >= 11 is 0. The SMILES string of the molecule is Cc1ccc(C)c(NC(=O)CN2C(=O)[C@H]3[C@@H]4C=C[C@@H]([C@H]5C[C@H]45)[C@@H]3C2=O)c1. The highest BCUT2D eigenvalue weighted by molar-refractivity contribution is 6.09. The van der Waals surface area contributed by atoms with Gasteiger partial charge in [-0.25, -0.2) is 0 Å². The fourth-order valence-corrected chi connectivity index (χ4v) is 5.38. The van der Waals surface area contributed by atoms with Gasteiger partial charge in [0.25, 0.3) is 0 Å². The van der Waals surface area contributed by atoms with Crippen molar-refractivity contribution < 1.29 is 14.4 Å². The third-order valence-electron chi connectivity index (χ3n) is 6.72. The van der Waals surface area contributed by atoms with E-state index >= 15 is 0 Å². The minimum atomic E-state index is -0.315. The average molecular weight is 350 g/mol. The number of nitrogens with one attached hydrogen (secondary N) is 1. The van der Waals surface area contributed by atoms with E-state index in [1.807, 2.05) is 32.0 Å². The summed E-state index contributed by atoms with van der Waals surface area (Å²) in [5.74, 6) is 0.436. The predicted molar refractivity (Wildman–Crippen MR) is 96.0 cm³/mol. The molecule has 5 nitrogen and oxygen atoms in total. The predicted octanol–water partition coefficient (Wildman–Crippen LogP) is 2.30. The lowest BCUT2D eigenvalue weighted by atomic mass is 9.63. The molecule has 4 aliphatic carbocycles. The number of imide groups is 1. The van der Waals surface area contributed by atoms with Gasteiger partial charge in [0.05, 0.1) is 11.8 Å². The number of hydrogen-bond acceptors (Lipinski definition) is 3. The van der Waals surface area contributed by atoms with E-state index in [2.05, 4.69) is 17.5 Å². The number of allylic oxidation sites excluding steroid dienone is 2. The monoisotopic (exact) mass is 350 g/mol. The molecule has 134 valence electrons. The van der Waals surface area contributed by atoms with Crippen LogP contribution in [0.2, 0.25) is 0 Å². The Morgan fingerprint density at radius 1 is 1.08 bits per heavy atom. The van der Waals surface area contributed by atoms with Gasteiger partial charge in [-0.1, -0.05) is 24.3 Å². The number of anilines is 1. The fourth-order valence-electron chi connectivity index (χ4n) is 5.38. The summed E-state index contributed by atoms with van der Waals surface area (Å²) in [5.41, 5.74) is 2.74. The Kier molecular flexibility index (Phi) is 3.21. The molecule has 0 unspecified atom stereocenters. The number of hydrogen-bond donors (Lipinski definition) is 1. The number of nitrogens with zero attached hydrogens (tertiary/aromatic N) is 1. The van der Waals surface area contributed by atoms with Crippen LogP contribution in [0.15, 0.2) is 30.4 Å². The molecule has 1 heterocycles. The molecule has 5 aliphatic rings. The van der Waals surface area contributed by atoms with E-state index < -0.39 is 0 Å². The zero-order chi connectivity index (χ0) is 18.2. The summed E-state index contributed by atoms with van der Waals surface area (Å²) in [6, 6.07) is 5.83. The first kappa shape index (κ1) is 15.8. The Balaban J connectivity index is 1.34. The first-order valence-electron chi connectivity index (χ1n) is 9.36. The molecule has 0 aromatic heterocycles. The molecular weight excluding hydrogens is 328 g/mol. The zero-order valence-electron chi connectivity index (χ0n) is 14.9. The normalized spacial score (nSPS) is 36.2. The number of benzene rings is 1. The maximum absolute atomic E-state index is 12.9. The van der Waals surface area contributed by atoms with Gasteiger partial charge in [0, 0.05) is 5.69 Å². The van der Waals surface area contributed by atoms with Crippen LogP contribution in [-0.4, -0.2) is 29.2 Å². The van der Waals surface area contributed by atoms with E-state index in [-0.39, 0.29) is 47.9 Å². The molecular formula is C21H22N2O3. The van der Waals surface area contributed by atoms with Crippen LogP contribution in [-0.2, 0) is 14.4 Å². The lowest BCUT2D eigenvalue weighted by Gasteiger charge is -2.37. The molecule has 6 rings (SSSR count). The Hall–Kier alpha value is -2.43. The van der Waals surface area contributed by atoms with Gasteiger partial charge >= 0.3 is 0 Å². The second-order valence-electron chi connectivity index (χ2n) is 8.28. The number of aryl methyl sites for hydroxylation is 2. The van der Waals surface area contributed by atoms with E-state index in [0.29, 0.717) is 11.8 Å². The molecule has 3 amide bonds. The second kappa shape index (κ2) is 5.29. The molecule has 6 atom stereocenters. The summed E-state index contributed by atoms with van der Waals surface area (Å²) in [4.78, 5) is 39.5. The summed E-state index contributed by atoms with van der Waals surface area (Å²) in [5, 5.41) is 2.86. The van der Waals surface area contributed by atoms with Crippen molar-refractivity contribution in [2.45, 2.75) is 20.3 Å². The van der Waals surface area contributed by atoms with Crippen LogP contribution in [0.4, 0.5) is 5.69 Å². The van der Waals surface area contributed by atoms with Gasteiger partial charge in [0.1, 0.15) is 6.54 Å². The Morgan fingerprint density at radius 2 is 1.69 bits per heavy atom. The van der Waals surface area contributed by atoms with Crippen LogP contribution in [0.3, 0.4) is 0 Å². The van der Waals surface area contributed by atoms with Gasteiger partial charge in [-0.05, 0) is 61.1 Å². The standard InChI is InChI=1S/C21H22N2O3/c1-10-3-4-11(2)16(7-10)22-17(24)9-23-20(25)18-12-5-6-13(15-8-14(12)15)19(18)21(23)26/h3-7,12-15,18-19H,8-9H2,1-2H3,(H,22,24)/t12-,13+,14-,15-,18+,19+/m1/s1. The lowest BCUT2D eigenvalue weighted by Crippen LogP contribution is -2.40. The first-order valence-corrected chi connectivity index (χ1v) is 9.36. The van der Waals surface area contributed by atoms with E-state index in [1.54, 1.807) is 0 Å². The van der Waals surface area contributed by atoms with Gasteiger partial charge in [-0.15, -0.1) is 0 Å². The molecule has 1 N–H and O–H groups in total. The largest absolute Gasteiger partial charge is 0.324 e. The maximum Gasteiger partial charge on any atom is 0.244 e. The van der Waals surface area contributed by atoms with Gasteiger partial charge in [-0.3, -0.25) is 19.3 Å². The van der Waals surface area contributed by atoms with Crippen LogP contribution in [0.25, 0.3) is 0 Å². The smallest absolute Gasteiger partial charge is 0.244 e. The number of rotatable bonds is 3. The van der Waals surface area contributed by atoms with Gasteiger partial charge in [-0.2, -0.15) is 0 Å².